The first-order valence-corrected chi connectivity index (χ1v) is 6.54. The highest BCUT2D eigenvalue weighted by Crippen LogP contribution is 2.15. The fourth-order valence-electron chi connectivity index (χ4n) is 1.78. The molecule has 0 aliphatic heterocycles. The highest BCUT2D eigenvalue weighted by atomic mass is 16.5. The smallest absolute Gasteiger partial charge is 0.211 e. The van der Waals surface area contributed by atoms with Crippen LogP contribution >= 0.6 is 0 Å². The van der Waals surface area contributed by atoms with E-state index in [1.54, 1.807) is 6.21 Å². The van der Waals surface area contributed by atoms with E-state index in [1.165, 1.54) is 5.56 Å². The molecule has 4 N–H and O–H groups in total. The monoisotopic (exact) mass is 282 g/mol. The number of aryl methyl sites for hydroxylation is 1. The van der Waals surface area contributed by atoms with Crippen molar-refractivity contribution in [1.29, 1.82) is 0 Å². The van der Waals surface area contributed by atoms with Crippen molar-refractivity contribution in [3.8, 4) is 5.75 Å². The number of rotatable bonds is 5. The van der Waals surface area contributed by atoms with Gasteiger partial charge in [0.05, 0.1) is 6.21 Å². The summed E-state index contributed by atoms with van der Waals surface area (Å²) in [6.07, 6.45) is 1.57. The lowest BCUT2D eigenvalue weighted by molar-refractivity contribution is 0.305. The maximum Gasteiger partial charge on any atom is 0.211 e. The molecule has 0 bridgehead atoms. The van der Waals surface area contributed by atoms with Crippen molar-refractivity contribution >= 4 is 12.2 Å². The summed E-state index contributed by atoms with van der Waals surface area (Å²) in [5.74, 6) is 0.699. The average Bonchev–Trinajstić information content (AvgIpc) is 2.46. The Bertz CT molecular complexity index is 661. The van der Waals surface area contributed by atoms with Gasteiger partial charge in [-0.15, -0.1) is 5.10 Å². The standard InChI is InChI=1S/C16H18N4O/c1-12-5-2-3-7-14(12)11-21-15-8-4-6-13(9-15)10-19-20-16(17)18/h2-10H,11H2,1H3,(H4,17,18,20). The van der Waals surface area contributed by atoms with Crippen LogP contribution in [0.1, 0.15) is 16.7 Å². The molecule has 0 saturated carbocycles. The number of hydrogen-bond donors (Lipinski definition) is 2. The molecule has 0 fully saturated rings. The molecule has 0 spiro atoms. The third kappa shape index (κ3) is 4.65. The number of nitrogens with zero attached hydrogens (tertiary/aromatic N) is 2. The number of benzene rings is 2. The Balaban J connectivity index is 2.03. The molecule has 0 unspecified atom stereocenters. The van der Waals surface area contributed by atoms with Crippen LogP contribution < -0.4 is 16.2 Å². The molecule has 0 saturated heterocycles. The van der Waals surface area contributed by atoms with Crippen molar-refractivity contribution < 1.29 is 4.74 Å². The molecule has 5 heteroatoms. The Morgan fingerprint density at radius 3 is 2.71 bits per heavy atom. The largest absolute Gasteiger partial charge is 0.489 e. The second-order valence-corrected chi connectivity index (χ2v) is 4.56. The quantitative estimate of drug-likeness (QED) is 0.500. The van der Waals surface area contributed by atoms with E-state index < -0.39 is 0 Å². The molecule has 5 nitrogen and oxygen atoms in total. The maximum absolute atomic E-state index is 5.79. The summed E-state index contributed by atoms with van der Waals surface area (Å²) >= 11 is 0. The summed E-state index contributed by atoms with van der Waals surface area (Å²) in [4.78, 5) is 0. The van der Waals surface area contributed by atoms with E-state index in [0.717, 1.165) is 16.9 Å². The van der Waals surface area contributed by atoms with Crippen LogP contribution in [0.5, 0.6) is 5.75 Å². The molecule has 21 heavy (non-hydrogen) atoms. The topological polar surface area (TPSA) is 86.0 Å². The molecule has 2 aromatic rings. The van der Waals surface area contributed by atoms with Gasteiger partial charge < -0.3 is 16.2 Å². The van der Waals surface area contributed by atoms with E-state index in [-0.39, 0.29) is 5.96 Å². The Kier molecular flexibility index (Phi) is 4.93. The molecule has 0 aromatic heterocycles. The molecule has 0 aliphatic rings. The molecular formula is C16H18N4O. The molecule has 108 valence electrons. The average molecular weight is 282 g/mol. The van der Waals surface area contributed by atoms with Crippen LogP contribution in [0.25, 0.3) is 0 Å². The Morgan fingerprint density at radius 2 is 1.95 bits per heavy atom. The third-order valence-electron chi connectivity index (χ3n) is 2.89. The number of nitrogens with two attached hydrogens (primary N) is 2. The summed E-state index contributed by atoms with van der Waals surface area (Å²) in [7, 11) is 0. The minimum atomic E-state index is -0.0711. The summed E-state index contributed by atoms with van der Waals surface area (Å²) in [5, 5.41) is 7.33. The SMILES string of the molecule is Cc1ccccc1COc1cccc(C=NN=C(N)N)c1. The van der Waals surface area contributed by atoms with E-state index in [9.17, 15) is 0 Å². The lowest BCUT2D eigenvalue weighted by Gasteiger charge is -2.08. The molecule has 0 atom stereocenters. The van der Waals surface area contributed by atoms with Gasteiger partial charge in [-0.2, -0.15) is 5.10 Å². The van der Waals surface area contributed by atoms with Gasteiger partial charge in [-0.05, 0) is 35.7 Å². The highest BCUT2D eigenvalue weighted by molar-refractivity contribution is 5.81. The van der Waals surface area contributed by atoms with E-state index >= 15 is 0 Å². The molecule has 0 aliphatic carbocycles. The van der Waals surface area contributed by atoms with Crippen LogP contribution in [-0.2, 0) is 6.61 Å². The first kappa shape index (κ1) is 14.6. The van der Waals surface area contributed by atoms with E-state index in [4.69, 9.17) is 16.2 Å². The minimum absolute atomic E-state index is 0.0711. The van der Waals surface area contributed by atoms with E-state index in [1.807, 2.05) is 36.4 Å². The van der Waals surface area contributed by atoms with Gasteiger partial charge in [0.2, 0.25) is 5.96 Å². The zero-order valence-corrected chi connectivity index (χ0v) is 11.9. The maximum atomic E-state index is 5.79. The van der Waals surface area contributed by atoms with Gasteiger partial charge in [0.15, 0.2) is 0 Å². The van der Waals surface area contributed by atoms with Gasteiger partial charge in [-0.1, -0.05) is 36.4 Å². The fraction of sp³-hybridized carbons (Fsp3) is 0.125. The van der Waals surface area contributed by atoms with Gasteiger partial charge in [-0.3, -0.25) is 0 Å². The zero-order valence-electron chi connectivity index (χ0n) is 11.9. The summed E-state index contributed by atoms with van der Waals surface area (Å²) < 4.78 is 5.79. The predicted octanol–water partition coefficient (Wildman–Crippen LogP) is 2.18. The Morgan fingerprint density at radius 1 is 1.14 bits per heavy atom. The minimum Gasteiger partial charge on any atom is -0.489 e. The van der Waals surface area contributed by atoms with Crippen molar-refractivity contribution in [3.63, 3.8) is 0 Å². The molecule has 0 radical (unpaired) electrons. The first-order chi connectivity index (χ1) is 10.1. The first-order valence-electron chi connectivity index (χ1n) is 6.54. The Labute approximate surface area is 124 Å². The highest BCUT2D eigenvalue weighted by Gasteiger charge is 1.99. The second kappa shape index (κ2) is 7.09. The van der Waals surface area contributed by atoms with Crippen molar-refractivity contribution in [2.45, 2.75) is 13.5 Å². The van der Waals surface area contributed by atoms with Crippen LogP contribution in [-0.4, -0.2) is 12.2 Å². The zero-order chi connectivity index (χ0) is 15.1. The number of guanidine groups is 1. The second-order valence-electron chi connectivity index (χ2n) is 4.56. The molecule has 2 aromatic carbocycles. The summed E-state index contributed by atoms with van der Waals surface area (Å²) in [6, 6.07) is 15.7. The van der Waals surface area contributed by atoms with E-state index in [2.05, 4.69) is 29.3 Å². The number of ether oxygens (including phenoxy) is 1. The lowest BCUT2D eigenvalue weighted by atomic mass is 10.1. The molecule has 2 rings (SSSR count). The van der Waals surface area contributed by atoms with E-state index in [0.29, 0.717) is 6.61 Å². The number of hydrogen-bond acceptors (Lipinski definition) is 3. The van der Waals surface area contributed by atoms with Crippen LogP contribution in [0.3, 0.4) is 0 Å². The van der Waals surface area contributed by atoms with Crippen LogP contribution in [0.15, 0.2) is 58.7 Å². The lowest BCUT2D eigenvalue weighted by Crippen LogP contribution is -2.21. The van der Waals surface area contributed by atoms with Crippen molar-refractivity contribution in [1.82, 2.24) is 0 Å². The van der Waals surface area contributed by atoms with Crippen LogP contribution in [0, 0.1) is 6.92 Å². The van der Waals surface area contributed by atoms with Gasteiger partial charge in [-0.25, -0.2) is 0 Å². The van der Waals surface area contributed by atoms with Gasteiger partial charge in [0, 0.05) is 0 Å². The van der Waals surface area contributed by atoms with Gasteiger partial charge in [0.25, 0.3) is 0 Å². The predicted molar refractivity (Wildman–Crippen MR) is 85.4 cm³/mol. The fourth-order valence-corrected chi connectivity index (χ4v) is 1.78. The molecular weight excluding hydrogens is 264 g/mol. The Hall–Kier alpha value is -2.82. The van der Waals surface area contributed by atoms with Gasteiger partial charge >= 0.3 is 0 Å². The summed E-state index contributed by atoms with van der Waals surface area (Å²) in [5.41, 5.74) is 13.6. The van der Waals surface area contributed by atoms with Crippen LogP contribution in [0.2, 0.25) is 0 Å². The summed E-state index contributed by atoms with van der Waals surface area (Å²) in [6.45, 7) is 2.60. The molecule has 0 amide bonds. The van der Waals surface area contributed by atoms with Crippen LogP contribution in [0.4, 0.5) is 0 Å². The third-order valence-corrected chi connectivity index (χ3v) is 2.89. The van der Waals surface area contributed by atoms with Crippen molar-refractivity contribution in [2.24, 2.45) is 21.7 Å². The normalized spacial score (nSPS) is 10.5. The van der Waals surface area contributed by atoms with Crippen molar-refractivity contribution in [3.05, 3.63) is 65.2 Å². The van der Waals surface area contributed by atoms with Gasteiger partial charge in [0.1, 0.15) is 12.4 Å². The van der Waals surface area contributed by atoms with Crippen molar-refractivity contribution in [2.75, 3.05) is 0 Å². The molecule has 0 heterocycles.